The second-order valence-electron chi connectivity index (χ2n) is 6.37. The molecule has 0 unspecified atom stereocenters. The molecule has 0 radical (unpaired) electrons. The van der Waals surface area contributed by atoms with Gasteiger partial charge in [-0.1, -0.05) is 12.1 Å². The Labute approximate surface area is 158 Å². The number of halogens is 2. The molecule has 0 bridgehead atoms. The molecule has 1 aliphatic rings. The average Bonchev–Trinajstić information content (AvgIpc) is 2.86. The third-order valence-corrected chi connectivity index (χ3v) is 5.02. The zero-order valence-corrected chi connectivity index (χ0v) is 16.0. The predicted molar refractivity (Wildman–Crippen MR) is 98.1 cm³/mol. The van der Waals surface area contributed by atoms with Gasteiger partial charge in [0.2, 0.25) is 0 Å². The fourth-order valence-corrected chi connectivity index (χ4v) is 3.94. The van der Waals surface area contributed by atoms with E-state index in [-0.39, 0.29) is 18.2 Å². The third kappa shape index (κ3) is 3.33. The number of ether oxygens (including phenoxy) is 1. The molecule has 0 spiro atoms. The number of aromatic nitrogens is 1. The Morgan fingerprint density at radius 3 is 2.65 bits per heavy atom. The quantitative estimate of drug-likeness (QED) is 0.819. The van der Waals surface area contributed by atoms with Crippen LogP contribution >= 0.6 is 15.9 Å². The lowest BCUT2D eigenvalue weighted by Crippen LogP contribution is -2.40. The molecular weight excluding hydrogens is 405 g/mol. The molecule has 8 heteroatoms. The molecule has 1 aliphatic heterocycles. The molecule has 2 N–H and O–H groups in total. The fraction of sp³-hybridized carbons (Fsp3) is 0.333. The van der Waals surface area contributed by atoms with E-state index in [1.807, 2.05) is 4.57 Å². The lowest BCUT2D eigenvalue weighted by atomic mass is 10.0. The van der Waals surface area contributed by atoms with Crippen molar-refractivity contribution in [1.82, 2.24) is 9.47 Å². The van der Waals surface area contributed by atoms with Crippen molar-refractivity contribution >= 4 is 27.9 Å². The topological polar surface area (TPSA) is 77.6 Å². The summed E-state index contributed by atoms with van der Waals surface area (Å²) in [5.41, 5.74) is 7.60. The SMILES string of the molecule is CC(C)OC(=O)N1CCn2c(Br)c(-c3cccc(F)c3)c(C(N)=O)c2C1. The summed E-state index contributed by atoms with van der Waals surface area (Å²) in [4.78, 5) is 25.9. The largest absolute Gasteiger partial charge is 0.447 e. The van der Waals surface area contributed by atoms with E-state index in [0.717, 1.165) is 0 Å². The highest BCUT2D eigenvalue weighted by atomic mass is 79.9. The molecule has 0 aliphatic carbocycles. The minimum absolute atomic E-state index is 0.192. The van der Waals surface area contributed by atoms with Crippen LogP contribution in [0.15, 0.2) is 28.9 Å². The number of amides is 2. The van der Waals surface area contributed by atoms with Crippen LogP contribution in [0.3, 0.4) is 0 Å². The van der Waals surface area contributed by atoms with E-state index in [1.165, 1.54) is 17.0 Å². The second kappa shape index (κ2) is 7.11. The number of fused-ring (bicyclic) bond motifs is 1. The van der Waals surface area contributed by atoms with Crippen LogP contribution < -0.4 is 5.73 Å². The van der Waals surface area contributed by atoms with Crippen molar-refractivity contribution in [3.05, 3.63) is 45.9 Å². The molecule has 1 aromatic carbocycles. The van der Waals surface area contributed by atoms with Crippen molar-refractivity contribution in [3.63, 3.8) is 0 Å². The molecule has 138 valence electrons. The lowest BCUT2D eigenvalue weighted by molar-refractivity contribution is 0.0683. The Hall–Kier alpha value is -2.35. The molecular formula is C18H19BrFN3O3. The maximum atomic E-state index is 13.7. The van der Waals surface area contributed by atoms with Crippen molar-refractivity contribution in [2.75, 3.05) is 6.54 Å². The minimum atomic E-state index is -0.627. The zero-order valence-electron chi connectivity index (χ0n) is 14.5. The van der Waals surface area contributed by atoms with Gasteiger partial charge in [-0.05, 0) is 47.5 Å². The van der Waals surface area contributed by atoms with Crippen LogP contribution in [0.5, 0.6) is 0 Å². The summed E-state index contributed by atoms with van der Waals surface area (Å²) in [6.45, 7) is 4.65. The number of nitrogens with two attached hydrogens (primary N) is 1. The summed E-state index contributed by atoms with van der Waals surface area (Å²) < 4.78 is 21.5. The summed E-state index contributed by atoms with van der Waals surface area (Å²) in [5, 5.41) is 0. The van der Waals surface area contributed by atoms with E-state index in [4.69, 9.17) is 10.5 Å². The minimum Gasteiger partial charge on any atom is -0.447 e. The normalized spacial score (nSPS) is 13.7. The first-order valence-electron chi connectivity index (χ1n) is 8.21. The monoisotopic (exact) mass is 423 g/mol. The molecule has 0 saturated heterocycles. The molecule has 1 aromatic heterocycles. The predicted octanol–water partition coefficient (Wildman–Crippen LogP) is 3.52. The van der Waals surface area contributed by atoms with Crippen molar-refractivity contribution in [2.45, 2.75) is 33.0 Å². The van der Waals surface area contributed by atoms with E-state index in [0.29, 0.717) is 34.5 Å². The second-order valence-corrected chi connectivity index (χ2v) is 7.12. The molecule has 26 heavy (non-hydrogen) atoms. The van der Waals surface area contributed by atoms with Crippen molar-refractivity contribution < 1.29 is 18.7 Å². The van der Waals surface area contributed by atoms with Gasteiger partial charge in [0.25, 0.3) is 5.91 Å². The Kier molecular flexibility index (Phi) is 5.04. The Bertz CT molecular complexity index is 879. The average molecular weight is 424 g/mol. The van der Waals surface area contributed by atoms with Gasteiger partial charge in [0, 0.05) is 18.7 Å². The van der Waals surface area contributed by atoms with E-state index in [9.17, 15) is 14.0 Å². The van der Waals surface area contributed by atoms with Crippen LogP contribution in [-0.4, -0.2) is 34.1 Å². The smallest absolute Gasteiger partial charge is 0.410 e. The standard InChI is InChI=1S/C18H19BrFN3O3/c1-10(2)26-18(25)22-6-7-23-13(9-22)15(17(21)24)14(16(23)19)11-4-3-5-12(20)8-11/h3-5,8,10H,6-7,9H2,1-2H3,(H2,21,24). The molecule has 6 nitrogen and oxygen atoms in total. The maximum Gasteiger partial charge on any atom is 0.410 e. The third-order valence-electron chi connectivity index (χ3n) is 4.20. The number of hydrogen-bond acceptors (Lipinski definition) is 3. The highest BCUT2D eigenvalue weighted by molar-refractivity contribution is 9.10. The number of hydrogen-bond donors (Lipinski definition) is 1. The van der Waals surface area contributed by atoms with Gasteiger partial charge in [-0.25, -0.2) is 9.18 Å². The molecule has 0 atom stereocenters. The molecule has 2 heterocycles. The van der Waals surface area contributed by atoms with Gasteiger partial charge in [0.15, 0.2) is 0 Å². The molecule has 2 amide bonds. The van der Waals surface area contributed by atoms with E-state index < -0.39 is 17.8 Å². The van der Waals surface area contributed by atoms with Gasteiger partial charge < -0.3 is 19.9 Å². The van der Waals surface area contributed by atoms with Crippen molar-refractivity contribution in [3.8, 4) is 11.1 Å². The number of carbonyl (C=O) groups is 2. The van der Waals surface area contributed by atoms with Gasteiger partial charge in [-0.3, -0.25) is 4.79 Å². The molecule has 0 fully saturated rings. The first-order valence-corrected chi connectivity index (χ1v) is 9.01. The van der Waals surface area contributed by atoms with Crippen LogP contribution in [0.1, 0.15) is 29.9 Å². The molecule has 2 aromatic rings. The van der Waals surface area contributed by atoms with Crippen LogP contribution in [0.2, 0.25) is 0 Å². The van der Waals surface area contributed by atoms with E-state index >= 15 is 0 Å². The fourth-order valence-electron chi connectivity index (χ4n) is 3.12. The number of nitrogens with zero attached hydrogens (tertiary/aromatic N) is 2. The Morgan fingerprint density at radius 2 is 2.04 bits per heavy atom. The highest BCUT2D eigenvalue weighted by Gasteiger charge is 2.32. The highest BCUT2D eigenvalue weighted by Crippen LogP contribution is 2.38. The van der Waals surface area contributed by atoms with E-state index in [1.54, 1.807) is 26.0 Å². The van der Waals surface area contributed by atoms with Crippen molar-refractivity contribution in [2.24, 2.45) is 5.73 Å². The first kappa shape index (κ1) is 18.4. The molecule has 3 rings (SSSR count). The van der Waals surface area contributed by atoms with Gasteiger partial charge in [0.1, 0.15) is 5.82 Å². The summed E-state index contributed by atoms with van der Waals surface area (Å²) in [7, 11) is 0. The van der Waals surface area contributed by atoms with Crippen LogP contribution in [0.25, 0.3) is 11.1 Å². The summed E-state index contributed by atoms with van der Waals surface area (Å²) in [6, 6.07) is 5.97. The number of carbonyl (C=O) groups excluding carboxylic acids is 2. The zero-order chi connectivity index (χ0) is 19.0. The van der Waals surface area contributed by atoms with Crippen LogP contribution in [-0.2, 0) is 17.8 Å². The van der Waals surface area contributed by atoms with Gasteiger partial charge >= 0.3 is 6.09 Å². The summed E-state index contributed by atoms with van der Waals surface area (Å²) in [6.07, 6.45) is -0.673. The van der Waals surface area contributed by atoms with Crippen LogP contribution in [0, 0.1) is 5.82 Å². The lowest BCUT2D eigenvalue weighted by Gasteiger charge is -2.29. The molecule has 0 saturated carbocycles. The maximum absolute atomic E-state index is 13.7. The number of rotatable bonds is 3. The summed E-state index contributed by atoms with van der Waals surface area (Å²) in [5.74, 6) is -1.03. The van der Waals surface area contributed by atoms with Gasteiger partial charge in [-0.15, -0.1) is 0 Å². The van der Waals surface area contributed by atoms with Gasteiger partial charge in [-0.2, -0.15) is 0 Å². The Balaban J connectivity index is 2.07. The van der Waals surface area contributed by atoms with Crippen molar-refractivity contribution in [1.29, 1.82) is 0 Å². The summed E-state index contributed by atoms with van der Waals surface area (Å²) >= 11 is 3.51. The van der Waals surface area contributed by atoms with Gasteiger partial charge in [0.05, 0.1) is 28.5 Å². The first-order chi connectivity index (χ1) is 12.3. The number of primary amides is 1. The number of benzene rings is 1. The Morgan fingerprint density at radius 1 is 1.31 bits per heavy atom. The van der Waals surface area contributed by atoms with Crippen LogP contribution in [0.4, 0.5) is 9.18 Å². The van der Waals surface area contributed by atoms with E-state index in [2.05, 4.69) is 15.9 Å².